The highest BCUT2D eigenvalue weighted by atomic mass is 16.5. The second kappa shape index (κ2) is 4.27. The van der Waals surface area contributed by atoms with Gasteiger partial charge in [-0.3, -0.25) is 0 Å². The number of hydrogen-bond donors (Lipinski definition) is 0. The summed E-state index contributed by atoms with van der Waals surface area (Å²) in [7, 11) is 1.65. The first-order valence-electron chi connectivity index (χ1n) is 5.12. The molecule has 1 aromatic heterocycles. The highest BCUT2D eigenvalue weighted by Gasteiger charge is 2.07. The van der Waals surface area contributed by atoms with E-state index in [2.05, 4.69) is 6.58 Å². The summed E-state index contributed by atoms with van der Waals surface area (Å²) in [6.45, 7) is 5.73. The van der Waals surface area contributed by atoms with E-state index in [1.54, 1.807) is 13.2 Å². The molecular formula is C14H14O2. The van der Waals surface area contributed by atoms with Crippen molar-refractivity contribution >= 4 is 6.08 Å². The van der Waals surface area contributed by atoms with Gasteiger partial charge in [-0.1, -0.05) is 12.7 Å². The summed E-state index contributed by atoms with van der Waals surface area (Å²) in [5.74, 6) is 2.58. The zero-order valence-electron chi connectivity index (χ0n) is 9.49. The Hall–Kier alpha value is -1.96. The quantitative estimate of drug-likeness (QED) is 0.773. The van der Waals surface area contributed by atoms with E-state index in [0.717, 1.165) is 28.4 Å². The van der Waals surface area contributed by atoms with Crippen LogP contribution in [0.3, 0.4) is 0 Å². The van der Waals surface area contributed by atoms with E-state index in [1.807, 2.05) is 37.3 Å². The maximum atomic E-state index is 5.60. The van der Waals surface area contributed by atoms with E-state index >= 15 is 0 Å². The SMILES string of the molecule is C=Cc1cc(OC)ccc1-c1ccc(C)o1. The Labute approximate surface area is 95.2 Å². The van der Waals surface area contributed by atoms with Crippen LogP contribution in [0.5, 0.6) is 5.75 Å². The van der Waals surface area contributed by atoms with Crippen LogP contribution in [0.2, 0.25) is 0 Å². The predicted octanol–water partition coefficient (Wildman–Crippen LogP) is 3.91. The van der Waals surface area contributed by atoms with Gasteiger partial charge in [0, 0.05) is 5.56 Å². The second-order valence-electron chi connectivity index (χ2n) is 3.57. The lowest BCUT2D eigenvalue weighted by Gasteiger charge is -2.06. The molecule has 2 heteroatoms. The minimum atomic E-state index is 0.821. The first-order chi connectivity index (χ1) is 7.74. The average molecular weight is 214 g/mol. The van der Waals surface area contributed by atoms with Crippen molar-refractivity contribution in [2.45, 2.75) is 6.92 Å². The molecular weight excluding hydrogens is 200 g/mol. The molecule has 1 heterocycles. The molecule has 0 saturated carbocycles. The van der Waals surface area contributed by atoms with Crippen LogP contribution in [-0.4, -0.2) is 7.11 Å². The molecule has 0 aliphatic carbocycles. The third kappa shape index (κ3) is 1.87. The molecule has 0 N–H and O–H groups in total. The summed E-state index contributed by atoms with van der Waals surface area (Å²) < 4.78 is 10.8. The van der Waals surface area contributed by atoms with E-state index in [9.17, 15) is 0 Å². The van der Waals surface area contributed by atoms with Crippen molar-refractivity contribution in [1.29, 1.82) is 0 Å². The minimum absolute atomic E-state index is 0.821. The molecule has 0 unspecified atom stereocenters. The number of ether oxygens (including phenoxy) is 1. The fourth-order valence-electron chi connectivity index (χ4n) is 1.64. The lowest BCUT2D eigenvalue weighted by atomic mass is 10.1. The first-order valence-corrected chi connectivity index (χ1v) is 5.12. The van der Waals surface area contributed by atoms with Gasteiger partial charge in [0.1, 0.15) is 17.3 Å². The van der Waals surface area contributed by atoms with Gasteiger partial charge in [-0.05, 0) is 42.8 Å². The number of aryl methyl sites for hydroxylation is 1. The van der Waals surface area contributed by atoms with E-state index in [0.29, 0.717) is 0 Å². The zero-order valence-corrected chi connectivity index (χ0v) is 9.49. The maximum absolute atomic E-state index is 5.60. The summed E-state index contributed by atoms with van der Waals surface area (Å²) in [5.41, 5.74) is 2.04. The molecule has 2 rings (SSSR count). The van der Waals surface area contributed by atoms with Gasteiger partial charge in [-0.25, -0.2) is 0 Å². The number of rotatable bonds is 3. The largest absolute Gasteiger partial charge is 0.497 e. The van der Waals surface area contributed by atoms with Crippen molar-refractivity contribution in [1.82, 2.24) is 0 Å². The Kier molecular flexibility index (Phi) is 2.82. The smallest absolute Gasteiger partial charge is 0.134 e. The number of furan rings is 1. The maximum Gasteiger partial charge on any atom is 0.134 e. The van der Waals surface area contributed by atoms with Crippen LogP contribution in [-0.2, 0) is 0 Å². The Bertz CT molecular complexity index is 509. The number of methoxy groups -OCH3 is 1. The summed E-state index contributed by atoms with van der Waals surface area (Å²) in [4.78, 5) is 0. The monoisotopic (exact) mass is 214 g/mol. The van der Waals surface area contributed by atoms with E-state index in [1.165, 1.54) is 0 Å². The third-order valence-electron chi connectivity index (χ3n) is 2.48. The topological polar surface area (TPSA) is 22.4 Å². The molecule has 1 aromatic carbocycles. The highest BCUT2D eigenvalue weighted by Crippen LogP contribution is 2.29. The summed E-state index contributed by atoms with van der Waals surface area (Å²) >= 11 is 0. The molecule has 16 heavy (non-hydrogen) atoms. The van der Waals surface area contributed by atoms with Crippen LogP contribution in [0.25, 0.3) is 17.4 Å². The Morgan fingerprint density at radius 3 is 2.62 bits per heavy atom. The summed E-state index contributed by atoms with van der Waals surface area (Å²) in [6.07, 6.45) is 1.80. The average Bonchev–Trinajstić information content (AvgIpc) is 2.74. The Morgan fingerprint density at radius 1 is 1.25 bits per heavy atom. The van der Waals surface area contributed by atoms with Gasteiger partial charge in [0.15, 0.2) is 0 Å². The van der Waals surface area contributed by atoms with Crippen LogP contribution in [0.4, 0.5) is 0 Å². The van der Waals surface area contributed by atoms with Crippen molar-refractivity contribution in [3.05, 3.63) is 48.2 Å². The molecule has 0 bridgehead atoms. The van der Waals surface area contributed by atoms with Crippen molar-refractivity contribution in [3.8, 4) is 17.1 Å². The minimum Gasteiger partial charge on any atom is -0.497 e. The lowest BCUT2D eigenvalue weighted by molar-refractivity contribution is 0.414. The third-order valence-corrected chi connectivity index (χ3v) is 2.48. The van der Waals surface area contributed by atoms with E-state index in [4.69, 9.17) is 9.15 Å². The molecule has 2 nitrogen and oxygen atoms in total. The fourth-order valence-corrected chi connectivity index (χ4v) is 1.64. The molecule has 0 saturated heterocycles. The van der Waals surface area contributed by atoms with Crippen molar-refractivity contribution < 1.29 is 9.15 Å². The van der Waals surface area contributed by atoms with Gasteiger partial charge in [-0.15, -0.1) is 0 Å². The molecule has 82 valence electrons. The van der Waals surface area contributed by atoms with Crippen LogP contribution in [0, 0.1) is 6.92 Å². The molecule has 0 aliphatic heterocycles. The van der Waals surface area contributed by atoms with Gasteiger partial charge in [0.2, 0.25) is 0 Å². The lowest BCUT2D eigenvalue weighted by Crippen LogP contribution is -1.86. The van der Waals surface area contributed by atoms with Gasteiger partial charge < -0.3 is 9.15 Å². The molecule has 0 fully saturated rings. The molecule has 2 aromatic rings. The first kappa shape index (κ1) is 10.6. The van der Waals surface area contributed by atoms with E-state index in [-0.39, 0.29) is 0 Å². The van der Waals surface area contributed by atoms with Crippen LogP contribution < -0.4 is 4.74 Å². The van der Waals surface area contributed by atoms with Crippen LogP contribution >= 0.6 is 0 Å². The summed E-state index contributed by atoms with van der Waals surface area (Å²) in [6, 6.07) is 9.76. The van der Waals surface area contributed by atoms with Gasteiger partial charge >= 0.3 is 0 Å². The Balaban J connectivity index is 2.52. The van der Waals surface area contributed by atoms with E-state index < -0.39 is 0 Å². The number of benzene rings is 1. The molecule has 0 amide bonds. The molecule has 0 atom stereocenters. The number of hydrogen-bond acceptors (Lipinski definition) is 2. The highest BCUT2D eigenvalue weighted by molar-refractivity contribution is 5.72. The normalized spacial score (nSPS) is 10.1. The van der Waals surface area contributed by atoms with Crippen LogP contribution in [0.15, 0.2) is 41.3 Å². The Morgan fingerprint density at radius 2 is 2.06 bits per heavy atom. The standard InChI is InChI=1S/C14H14O2/c1-4-11-9-12(15-3)6-7-13(11)14-8-5-10(2)16-14/h4-9H,1H2,2-3H3. The fraction of sp³-hybridized carbons (Fsp3) is 0.143. The predicted molar refractivity (Wildman–Crippen MR) is 65.5 cm³/mol. The van der Waals surface area contributed by atoms with Gasteiger partial charge in [-0.2, -0.15) is 0 Å². The van der Waals surface area contributed by atoms with Crippen molar-refractivity contribution in [3.63, 3.8) is 0 Å². The van der Waals surface area contributed by atoms with Crippen molar-refractivity contribution in [2.24, 2.45) is 0 Å². The zero-order chi connectivity index (χ0) is 11.5. The van der Waals surface area contributed by atoms with Crippen LogP contribution in [0.1, 0.15) is 11.3 Å². The molecule has 0 aliphatic rings. The van der Waals surface area contributed by atoms with Crippen molar-refractivity contribution in [2.75, 3.05) is 7.11 Å². The summed E-state index contributed by atoms with van der Waals surface area (Å²) in [5, 5.41) is 0. The molecule has 0 spiro atoms. The molecule has 0 radical (unpaired) electrons. The second-order valence-corrected chi connectivity index (χ2v) is 3.57. The van der Waals surface area contributed by atoms with Gasteiger partial charge in [0.25, 0.3) is 0 Å². The van der Waals surface area contributed by atoms with Gasteiger partial charge in [0.05, 0.1) is 7.11 Å².